The van der Waals surface area contributed by atoms with Gasteiger partial charge in [-0.2, -0.15) is 0 Å². The van der Waals surface area contributed by atoms with Crippen LogP contribution in [0.2, 0.25) is 0 Å². The Balaban J connectivity index is 1.68. The van der Waals surface area contributed by atoms with Crippen molar-refractivity contribution in [3.8, 4) is 0 Å². The van der Waals surface area contributed by atoms with E-state index in [4.69, 9.17) is 0 Å². The molecule has 4 heteroatoms. The minimum atomic E-state index is 0.666. The maximum absolute atomic E-state index is 4.32. The van der Waals surface area contributed by atoms with Crippen molar-refractivity contribution in [3.05, 3.63) is 42.5 Å². The number of aromatic nitrogens is 3. The first kappa shape index (κ1) is 9.39. The van der Waals surface area contributed by atoms with Crippen molar-refractivity contribution in [3.63, 3.8) is 0 Å². The normalized spacial score (nSPS) is 15.0. The van der Waals surface area contributed by atoms with Crippen LogP contribution in [0, 0.1) is 0 Å². The van der Waals surface area contributed by atoms with Gasteiger partial charge in [-0.3, -0.25) is 4.98 Å². The zero-order valence-electron chi connectivity index (χ0n) is 9.00. The number of pyridine rings is 1. The van der Waals surface area contributed by atoms with Crippen LogP contribution in [0.5, 0.6) is 0 Å². The second kappa shape index (κ2) is 3.96. The summed E-state index contributed by atoms with van der Waals surface area (Å²) in [5, 5.41) is 3.34. The molecule has 0 radical (unpaired) electrons. The third kappa shape index (κ3) is 1.91. The highest BCUT2D eigenvalue weighted by Crippen LogP contribution is 2.36. The molecule has 0 bridgehead atoms. The summed E-state index contributed by atoms with van der Waals surface area (Å²) in [5.41, 5.74) is 1.17. The summed E-state index contributed by atoms with van der Waals surface area (Å²) >= 11 is 0. The third-order valence-electron chi connectivity index (χ3n) is 2.78. The number of hydrogen-bond donors (Lipinski definition) is 1. The number of imidazole rings is 1. The van der Waals surface area contributed by atoms with Crippen LogP contribution in [0.3, 0.4) is 0 Å². The van der Waals surface area contributed by atoms with Crippen LogP contribution in [-0.2, 0) is 6.54 Å². The molecule has 1 aliphatic carbocycles. The van der Waals surface area contributed by atoms with E-state index in [9.17, 15) is 0 Å². The smallest absolute Gasteiger partial charge is 0.203 e. The lowest BCUT2D eigenvalue weighted by Crippen LogP contribution is -2.06. The molecule has 0 atom stereocenters. The molecule has 16 heavy (non-hydrogen) atoms. The molecule has 1 aliphatic rings. The number of nitrogens with one attached hydrogen (secondary N) is 1. The molecule has 82 valence electrons. The predicted octanol–water partition coefficient (Wildman–Crippen LogP) is 2.23. The first-order chi connectivity index (χ1) is 7.93. The van der Waals surface area contributed by atoms with Crippen LogP contribution in [0.25, 0.3) is 0 Å². The second-order valence-electron chi connectivity index (χ2n) is 4.10. The molecule has 1 N–H and O–H groups in total. The van der Waals surface area contributed by atoms with Crippen molar-refractivity contribution in [2.45, 2.75) is 25.4 Å². The lowest BCUT2D eigenvalue weighted by atomic mass is 10.3. The maximum atomic E-state index is 4.32. The van der Waals surface area contributed by atoms with Gasteiger partial charge in [0.15, 0.2) is 0 Å². The van der Waals surface area contributed by atoms with E-state index >= 15 is 0 Å². The van der Waals surface area contributed by atoms with E-state index in [1.807, 2.05) is 24.7 Å². The molecule has 0 aromatic carbocycles. The number of hydrogen-bond acceptors (Lipinski definition) is 3. The van der Waals surface area contributed by atoms with Crippen molar-refractivity contribution in [1.82, 2.24) is 14.5 Å². The summed E-state index contributed by atoms with van der Waals surface area (Å²) in [5.74, 6) is 0.964. The average Bonchev–Trinajstić information content (AvgIpc) is 3.07. The third-order valence-corrected chi connectivity index (χ3v) is 2.78. The van der Waals surface area contributed by atoms with Crippen LogP contribution in [0.1, 0.15) is 24.4 Å². The zero-order valence-corrected chi connectivity index (χ0v) is 9.00. The van der Waals surface area contributed by atoms with Gasteiger partial charge in [-0.15, -0.1) is 0 Å². The highest BCUT2D eigenvalue weighted by atomic mass is 15.2. The molecule has 1 fully saturated rings. The quantitative estimate of drug-likeness (QED) is 0.848. The molecular weight excluding hydrogens is 200 g/mol. The summed E-state index contributed by atoms with van der Waals surface area (Å²) in [6.07, 6.45) is 10.1. The number of nitrogens with zero attached hydrogens (tertiary/aromatic N) is 3. The second-order valence-corrected chi connectivity index (χ2v) is 4.10. The van der Waals surface area contributed by atoms with E-state index in [0.717, 1.165) is 12.5 Å². The first-order valence-electron chi connectivity index (χ1n) is 5.59. The molecule has 0 unspecified atom stereocenters. The van der Waals surface area contributed by atoms with Crippen molar-refractivity contribution < 1.29 is 0 Å². The number of anilines is 1. The van der Waals surface area contributed by atoms with Gasteiger partial charge in [0.25, 0.3) is 0 Å². The fourth-order valence-corrected chi connectivity index (χ4v) is 1.78. The Hall–Kier alpha value is -1.84. The molecule has 1 saturated carbocycles. The Bertz CT molecular complexity index is 459. The van der Waals surface area contributed by atoms with Gasteiger partial charge in [0.05, 0.1) is 0 Å². The lowest BCUT2D eigenvalue weighted by molar-refractivity contribution is 0.743. The standard InChI is InChI=1S/C12H14N4/c1-2-10(8-13-5-1)9-15-12-14-6-7-16(12)11-3-4-11/h1-2,5-8,11H,3-4,9H2,(H,14,15). The minimum Gasteiger partial charge on any atom is -0.352 e. The highest BCUT2D eigenvalue weighted by molar-refractivity contribution is 5.29. The summed E-state index contributed by atoms with van der Waals surface area (Å²) in [6, 6.07) is 4.67. The fraction of sp³-hybridized carbons (Fsp3) is 0.333. The molecule has 2 aromatic heterocycles. The topological polar surface area (TPSA) is 42.7 Å². The van der Waals surface area contributed by atoms with E-state index in [1.54, 1.807) is 6.20 Å². The fourth-order valence-electron chi connectivity index (χ4n) is 1.78. The summed E-state index contributed by atoms with van der Waals surface area (Å²) in [7, 11) is 0. The Kier molecular flexibility index (Phi) is 2.33. The Morgan fingerprint density at radius 3 is 3.06 bits per heavy atom. The molecule has 0 saturated heterocycles. The summed E-state index contributed by atoms with van der Waals surface area (Å²) < 4.78 is 2.22. The molecule has 0 aliphatic heterocycles. The van der Waals surface area contributed by atoms with Crippen LogP contribution in [0.4, 0.5) is 5.95 Å². The SMILES string of the molecule is c1cncc(CNc2nccn2C2CC2)c1. The lowest BCUT2D eigenvalue weighted by Gasteiger charge is -2.08. The van der Waals surface area contributed by atoms with E-state index in [0.29, 0.717) is 6.04 Å². The largest absolute Gasteiger partial charge is 0.352 e. The average molecular weight is 214 g/mol. The monoisotopic (exact) mass is 214 g/mol. The van der Waals surface area contributed by atoms with Gasteiger partial charge in [-0.05, 0) is 24.5 Å². The molecule has 0 spiro atoms. The minimum absolute atomic E-state index is 0.666. The molecule has 4 nitrogen and oxygen atoms in total. The van der Waals surface area contributed by atoms with E-state index < -0.39 is 0 Å². The predicted molar refractivity (Wildman–Crippen MR) is 62.1 cm³/mol. The van der Waals surface area contributed by atoms with E-state index in [2.05, 4.69) is 25.9 Å². The molecule has 3 rings (SSSR count). The van der Waals surface area contributed by atoms with Crippen molar-refractivity contribution in [1.29, 1.82) is 0 Å². The molecule has 2 aromatic rings. The Morgan fingerprint density at radius 1 is 1.38 bits per heavy atom. The van der Waals surface area contributed by atoms with Crippen LogP contribution < -0.4 is 5.32 Å². The molecule has 2 heterocycles. The Morgan fingerprint density at radius 2 is 2.31 bits per heavy atom. The maximum Gasteiger partial charge on any atom is 0.203 e. The van der Waals surface area contributed by atoms with Crippen LogP contribution >= 0.6 is 0 Å². The summed E-state index contributed by atoms with van der Waals surface area (Å²) in [4.78, 5) is 8.41. The van der Waals surface area contributed by atoms with Gasteiger partial charge in [-0.25, -0.2) is 4.98 Å². The van der Waals surface area contributed by atoms with Gasteiger partial charge in [0.1, 0.15) is 0 Å². The van der Waals surface area contributed by atoms with Crippen molar-refractivity contribution in [2.75, 3.05) is 5.32 Å². The van der Waals surface area contributed by atoms with Crippen molar-refractivity contribution in [2.24, 2.45) is 0 Å². The Labute approximate surface area is 94.4 Å². The molecule has 0 amide bonds. The van der Waals surface area contributed by atoms with Crippen LogP contribution in [-0.4, -0.2) is 14.5 Å². The zero-order chi connectivity index (χ0) is 10.8. The van der Waals surface area contributed by atoms with Gasteiger partial charge >= 0.3 is 0 Å². The number of rotatable bonds is 4. The van der Waals surface area contributed by atoms with Crippen molar-refractivity contribution >= 4 is 5.95 Å². The first-order valence-corrected chi connectivity index (χ1v) is 5.59. The van der Waals surface area contributed by atoms with Gasteiger partial charge in [0.2, 0.25) is 5.95 Å². The van der Waals surface area contributed by atoms with Gasteiger partial charge in [-0.1, -0.05) is 6.07 Å². The summed E-state index contributed by atoms with van der Waals surface area (Å²) in [6.45, 7) is 0.775. The van der Waals surface area contributed by atoms with Gasteiger partial charge < -0.3 is 9.88 Å². The van der Waals surface area contributed by atoms with E-state index in [-0.39, 0.29) is 0 Å². The van der Waals surface area contributed by atoms with Gasteiger partial charge in [0, 0.05) is 37.4 Å². The highest BCUT2D eigenvalue weighted by Gasteiger charge is 2.25. The van der Waals surface area contributed by atoms with E-state index in [1.165, 1.54) is 18.4 Å². The van der Waals surface area contributed by atoms with Crippen LogP contribution in [0.15, 0.2) is 36.9 Å². The molecular formula is C12H14N4.